The van der Waals surface area contributed by atoms with Gasteiger partial charge >= 0.3 is 0 Å². The van der Waals surface area contributed by atoms with Gasteiger partial charge in [0.25, 0.3) is 0 Å². The van der Waals surface area contributed by atoms with Crippen molar-refractivity contribution < 1.29 is 22.2 Å². The Hall–Kier alpha value is -2.19. The van der Waals surface area contributed by atoms with E-state index >= 15 is 0 Å². The molecule has 106 valence electrons. The molecule has 2 nitrogen and oxygen atoms in total. The maximum atomic E-state index is 12.1. The zero-order valence-electron chi connectivity index (χ0n) is 12.0. The molecule has 21 heavy (non-hydrogen) atoms. The number of nitrogens with one attached hydrogen (secondary N) is 1. The van der Waals surface area contributed by atoms with Crippen LogP contribution in [0.25, 0.3) is 22.0 Å². The first kappa shape index (κ1) is 15.2. The monoisotopic (exact) mass is 297 g/mol. The minimum atomic E-state index is 0. The van der Waals surface area contributed by atoms with E-state index in [0.29, 0.717) is 0 Å². The zero-order chi connectivity index (χ0) is 14.1. The SMILES string of the molecule is CC(=O)c1c(C)[nH+]c2ccccc2c1-c1ccccc1.[Cl-]. The van der Waals surface area contributed by atoms with Crippen LogP contribution in [0.5, 0.6) is 0 Å². The summed E-state index contributed by atoms with van der Waals surface area (Å²) in [6.07, 6.45) is 0. The fourth-order valence-corrected chi connectivity index (χ4v) is 2.74. The molecule has 0 saturated carbocycles. The lowest BCUT2D eigenvalue weighted by Crippen LogP contribution is -3.00. The fraction of sp³-hybridized carbons (Fsp3) is 0.111. The predicted octanol–water partition coefficient (Wildman–Crippen LogP) is 0.836. The highest BCUT2D eigenvalue weighted by Gasteiger charge is 2.21. The van der Waals surface area contributed by atoms with E-state index < -0.39 is 0 Å². The molecular formula is C18H16ClNO. The number of aromatic amines is 1. The second kappa shape index (κ2) is 6.06. The van der Waals surface area contributed by atoms with Crippen LogP contribution in [-0.4, -0.2) is 5.78 Å². The number of hydrogen-bond donors (Lipinski definition) is 0. The number of pyridine rings is 1. The van der Waals surface area contributed by atoms with Gasteiger partial charge in [-0.25, -0.2) is 4.98 Å². The number of aryl methyl sites for hydroxylation is 1. The molecular weight excluding hydrogens is 282 g/mol. The quantitative estimate of drug-likeness (QED) is 0.645. The second-order valence-corrected chi connectivity index (χ2v) is 4.97. The van der Waals surface area contributed by atoms with Gasteiger partial charge in [-0.1, -0.05) is 42.5 Å². The first-order chi connectivity index (χ1) is 9.68. The highest BCUT2D eigenvalue weighted by atomic mass is 35.5. The number of hydrogen-bond acceptors (Lipinski definition) is 1. The number of ketones is 1. The van der Waals surface area contributed by atoms with Gasteiger partial charge in [0.15, 0.2) is 11.5 Å². The highest BCUT2D eigenvalue weighted by Crippen LogP contribution is 2.31. The first-order valence-corrected chi connectivity index (χ1v) is 6.69. The molecule has 1 aromatic heterocycles. The molecule has 2 aromatic carbocycles. The van der Waals surface area contributed by atoms with Gasteiger partial charge in [0.05, 0.1) is 10.9 Å². The Labute approximate surface area is 130 Å². The molecule has 0 spiro atoms. The number of fused-ring (bicyclic) bond motifs is 1. The molecule has 0 bridgehead atoms. The zero-order valence-corrected chi connectivity index (χ0v) is 12.7. The van der Waals surface area contributed by atoms with Crippen molar-refractivity contribution in [3.8, 4) is 11.1 Å². The fourth-order valence-electron chi connectivity index (χ4n) is 2.74. The summed E-state index contributed by atoms with van der Waals surface area (Å²) >= 11 is 0. The van der Waals surface area contributed by atoms with E-state index in [4.69, 9.17) is 0 Å². The molecule has 0 amide bonds. The van der Waals surface area contributed by atoms with Gasteiger partial charge in [-0.15, -0.1) is 0 Å². The number of carbonyl (C=O) groups is 1. The number of rotatable bonds is 2. The van der Waals surface area contributed by atoms with Gasteiger partial charge < -0.3 is 12.4 Å². The van der Waals surface area contributed by atoms with Crippen LogP contribution in [0.3, 0.4) is 0 Å². The maximum Gasteiger partial charge on any atom is 0.211 e. The minimum absolute atomic E-state index is 0. The van der Waals surface area contributed by atoms with Crippen LogP contribution in [-0.2, 0) is 0 Å². The van der Waals surface area contributed by atoms with Gasteiger partial charge in [-0.3, -0.25) is 4.79 Å². The number of benzene rings is 2. The number of aromatic nitrogens is 1. The number of halogens is 1. The summed E-state index contributed by atoms with van der Waals surface area (Å²) in [4.78, 5) is 15.4. The largest absolute Gasteiger partial charge is 1.00 e. The van der Waals surface area contributed by atoms with Gasteiger partial charge in [-0.05, 0) is 18.6 Å². The Bertz CT molecular complexity index is 797. The molecule has 0 aliphatic carbocycles. The van der Waals surface area contributed by atoms with Crippen LogP contribution < -0.4 is 17.4 Å². The summed E-state index contributed by atoms with van der Waals surface area (Å²) in [7, 11) is 0. The minimum Gasteiger partial charge on any atom is -1.00 e. The lowest BCUT2D eigenvalue weighted by Gasteiger charge is -2.10. The van der Waals surface area contributed by atoms with E-state index in [1.807, 2.05) is 55.5 Å². The second-order valence-electron chi connectivity index (χ2n) is 4.97. The predicted molar refractivity (Wildman–Crippen MR) is 80.7 cm³/mol. The van der Waals surface area contributed by atoms with E-state index in [1.165, 1.54) is 0 Å². The van der Waals surface area contributed by atoms with Crippen LogP contribution in [0.4, 0.5) is 0 Å². The highest BCUT2D eigenvalue weighted by molar-refractivity contribution is 6.08. The van der Waals surface area contributed by atoms with Crippen molar-refractivity contribution in [1.82, 2.24) is 0 Å². The molecule has 3 heteroatoms. The van der Waals surface area contributed by atoms with E-state index in [0.717, 1.165) is 33.3 Å². The molecule has 1 heterocycles. The molecule has 0 radical (unpaired) electrons. The van der Waals surface area contributed by atoms with Crippen molar-refractivity contribution in [3.05, 3.63) is 65.9 Å². The smallest absolute Gasteiger partial charge is 0.211 e. The third kappa shape index (κ3) is 2.67. The third-order valence-electron chi connectivity index (χ3n) is 3.56. The lowest BCUT2D eigenvalue weighted by atomic mass is 9.92. The van der Waals surface area contributed by atoms with Crippen LogP contribution in [0, 0.1) is 6.92 Å². The van der Waals surface area contributed by atoms with Crippen LogP contribution in [0.15, 0.2) is 54.6 Å². The molecule has 0 fully saturated rings. The Kier molecular flexibility index (Phi) is 4.39. The first-order valence-electron chi connectivity index (χ1n) is 6.69. The standard InChI is InChI=1S/C18H15NO.ClH/c1-12-17(13(2)20)18(14-8-4-3-5-9-14)15-10-6-7-11-16(15)19-12;/h3-11H,1-2H3;1H. The van der Waals surface area contributed by atoms with E-state index in [2.05, 4.69) is 11.1 Å². The van der Waals surface area contributed by atoms with Crippen LogP contribution in [0.2, 0.25) is 0 Å². The average Bonchev–Trinajstić information content (AvgIpc) is 2.46. The van der Waals surface area contributed by atoms with Gasteiger partial charge in [0.2, 0.25) is 5.52 Å². The third-order valence-corrected chi connectivity index (χ3v) is 3.56. The molecule has 0 aliphatic rings. The molecule has 0 unspecified atom stereocenters. The Balaban J connectivity index is 0.00000161. The van der Waals surface area contributed by atoms with E-state index in [-0.39, 0.29) is 18.2 Å². The van der Waals surface area contributed by atoms with Gasteiger partial charge in [0, 0.05) is 18.6 Å². The van der Waals surface area contributed by atoms with Crippen LogP contribution in [0.1, 0.15) is 23.0 Å². The van der Waals surface area contributed by atoms with Crippen molar-refractivity contribution in [2.24, 2.45) is 0 Å². The number of para-hydroxylation sites is 1. The lowest BCUT2D eigenvalue weighted by molar-refractivity contribution is -0.354. The Morgan fingerprint density at radius 1 is 0.952 bits per heavy atom. The van der Waals surface area contributed by atoms with Crippen molar-refractivity contribution in [2.75, 3.05) is 0 Å². The summed E-state index contributed by atoms with van der Waals surface area (Å²) in [6.45, 7) is 3.58. The number of H-pyrrole nitrogens is 1. The van der Waals surface area contributed by atoms with E-state index in [9.17, 15) is 4.79 Å². The molecule has 0 atom stereocenters. The summed E-state index contributed by atoms with van der Waals surface area (Å²) in [5.74, 6) is 0.0864. The van der Waals surface area contributed by atoms with Crippen molar-refractivity contribution in [1.29, 1.82) is 0 Å². The van der Waals surface area contributed by atoms with Crippen molar-refractivity contribution in [2.45, 2.75) is 13.8 Å². The molecule has 3 rings (SSSR count). The summed E-state index contributed by atoms with van der Waals surface area (Å²) in [5, 5.41) is 1.08. The average molecular weight is 298 g/mol. The molecule has 3 aromatic rings. The van der Waals surface area contributed by atoms with Gasteiger partial charge in [0.1, 0.15) is 0 Å². The van der Waals surface area contributed by atoms with E-state index in [1.54, 1.807) is 6.92 Å². The van der Waals surface area contributed by atoms with Gasteiger partial charge in [-0.2, -0.15) is 0 Å². The van der Waals surface area contributed by atoms with Crippen LogP contribution >= 0.6 is 0 Å². The maximum absolute atomic E-state index is 12.1. The summed E-state index contributed by atoms with van der Waals surface area (Å²) in [6, 6.07) is 18.2. The molecule has 1 N–H and O–H groups in total. The van der Waals surface area contributed by atoms with Crippen molar-refractivity contribution in [3.63, 3.8) is 0 Å². The normalized spacial score (nSPS) is 10.2. The number of Topliss-reactive ketones (excluding diaryl/α,β-unsaturated/α-hetero) is 1. The molecule has 0 aliphatic heterocycles. The Morgan fingerprint density at radius 3 is 2.24 bits per heavy atom. The van der Waals surface area contributed by atoms with Crippen molar-refractivity contribution >= 4 is 16.7 Å². The molecule has 0 saturated heterocycles. The Morgan fingerprint density at radius 2 is 1.57 bits per heavy atom. The summed E-state index contributed by atoms with van der Waals surface area (Å²) < 4.78 is 0. The topological polar surface area (TPSA) is 31.2 Å². The summed E-state index contributed by atoms with van der Waals surface area (Å²) in [5.41, 5.74) is 4.83. The number of carbonyl (C=O) groups excluding carboxylic acids is 1.